The third-order valence-corrected chi connectivity index (χ3v) is 21.0. The second-order valence-electron chi connectivity index (χ2n) is 20.2. The lowest BCUT2D eigenvalue weighted by Crippen LogP contribution is -2.82. The molecule has 2 saturated heterocycles. The average molecular weight is 994 g/mol. The Morgan fingerprint density at radius 2 is 1.37 bits per heavy atom. The molecule has 0 radical (unpaired) electrons. The number of benzene rings is 3. The van der Waals surface area contributed by atoms with Crippen LogP contribution in [-0.2, 0) is 52.0 Å². The van der Waals surface area contributed by atoms with Crippen LogP contribution in [0.2, 0.25) is 18.1 Å². The maximum Gasteiger partial charge on any atom is 0.418 e. The molecule has 1 N–H and O–H groups in total. The Bertz CT molecular complexity index is 2610. The first-order valence-electron chi connectivity index (χ1n) is 24.4. The predicted molar refractivity (Wildman–Crippen MR) is 257 cm³/mol. The summed E-state index contributed by atoms with van der Waals surface area (Å²) < 4.78 is 44.9. The largest absolute Gasteiger partial charge is 0.455 e. The van der Waals surface area contributed by atoms with Crippen LogP contribution in [0.15, 0.2) is 102 Å². The van der Waals surface area contributed by atoms with Gasteiger partial charge in [-0.1, -0.05) is 101 Å². The van der Waals surface area contributed by atoms with Crippen LogP contribution in [0.4, 0.5) is 4.79 Å². The zero-order valence-corrected chi connectivity index (χ0v) is 42.6. The van der Waals surface area contributed by atoms with Gasteiger partial charge in [0, 0.05) is 37.7 Å². The molecule has 0 spiro atoms. The molecule has 17 heteroatoms. The number of hydrogen-bond donors (Lipinski definition) is 1. The topological polar surface area (TPSA) is 208 Å². The molecule has 0 aromatic heterocycles. The van der Waals surface area contributed by atoms with Gasteiger partial charge in [-0.3, -0.25) is 19.2 Å². The summed E-state index contributed by atoms with van der Waals surface area (Å²) in [5.74, 6) is -6.39. The molecule has 2 amide bonds. The number of carbonyl (C=O) groups excluding carboxylic acids is 7. The highest BCUT2D eigenvalue weighted by Gasteiger charge is 2.79. The molecule has 3 aliphatic carbocycles. The van der Waals surface area contributed by atoms with Gasteiger partial charge in [0.25, 0.3) is 5.91 Å². The highest BCUT2D eigenvalue weighted by molar-refractivity contribution is 6.73. The molecule has 16 nitrogen and oxygen atoms in total. The number of aliphatic hydroxyl groups is 1. The van der Waals surface area contributed by atoms with Crippen LogP contribution in [0.25, 0.3) is 0 Å². The summed E-state index contributed by atoms with van der Waals surface area (Å²) in [6.07, 6.45) is -10.2. The number of cyclic esters (lactones) is 1. The van der Waals surface area contributed by atoms with Gasteiger partial charge in [-0.2, -0.15) is 0 Å². The smallest absolute Gasteiger partial charge is 0.418 e. The molecule has 2 heterocycles. The van der Waals surface area contributed by atoms with Crippen LogP contribution in [0, 0.1) is 16.7 Å². The van der Waals surface area contributed by atoms with E-state index in [9.17, 15) is 33.9 Å². The van der Waals surface area contributed by atoms with Crippen LogP contribution in [0.1, 0.15) is 107 Å². The third kappa shape index (κ3) is 8.41. The second kappa shape index (κ2) is 19.2. The van der Waals surface area contributed by atoms with Crippen molar-refractivity contribution in [3.8, 4) is 0 Å². The molecule has 2 bridgehead atoms. The fourth-order valence-corrected chi connectivity index (χ4v) is 15.2. The van der Waals surface area contributed by atoms with Gasteiger partial charge in [-0.15, -0.1) is 0 Å². The van der Waals surface area contributed by atoms with E-state index in [-0.39, 0.29) is 35.3 Å². The van der Waals surface area contributed by atoms with E-state index in [4.69, 9.17) is 32.8 Å². The molecule has 4 fully saturated rings. The quantitative estimate of drug-likeness (QED) is 0.0756. The lowest BCUT2D eigenvalue weighted by molar-refractivity contribution is -0.344. The number of esters is 4. The van der Waals surface area contributed by atoms with Gasteiger partial charge in [0.2, 0.25) is 6.10 Å². The van der Waals surface area contributed by atoms with Crippen molar-refractivity contribution in [3.05, 3.63) is 119 Å². The van der Waals surface area contributed by atoms with Crippen LogP contribution in [0.5, 0.6) is 0 Å². The van der Waals surface area contributed by atoms with Gasteiger partial charge >= 0.3 is 30.0 Å². The molecule has 2 aliphatic heterocycles. The van der Waals surface area contributed by atoms with E-state index in [1.807, 2.05) is 20.8 Å². The van der Waals surface area contributed by atoms with Gasteiger partial charge in [-0.25, -0.2) is 19.3 Å². The summed E-state index contributed by atoms with van der Waals surface area (Å²) in [6.45, 7) is 14.7. The molecule has 3 aromatic carbocycles. The minimum atomic E-state index is -2.65. The van der Waals surface area contributed by atoms with Crippen LogP contribution >= 0.6 is 0 Å². The molecule has 1 unspecified atom stereocenters. The number of imide groups is 1. The van der Waals surface area contributed by atoms with E-state index in [2.05, 4.69) is 0 Å². The van der Waals surface area contributed by atoms with Crippen molar-refractivity contribution in [2.24, 2.45) is 16.7 Å². The van der Waals surface area contributed by atoms with E-state index >= 15 is 4.79 Å². The number of hydrogen-bond acceptors (Lipinski definition) is 15. The number of rotatable bonds is 13. The van der Waals surface area contributed by atoms with Gasteiger partial charge in [0.05, 0.1) is 29.6 Å². The molecule has 71 heavy (non-hydrogen) atoms. The maximum atomic E-state index is 16.4. The molecule has 8 rings (SSSR count). The van der Waals surface area contributed by atoms with Crippen molar-refractivity contribution < 1.29 is 71.5 Å². The van der Waals surface area contributed by atoms with E-state index in [1.165, 1.54) is 31.2 Å². The van der Waals surface area contributed by atoms with E-state index in [0.29, 0.717) is 23.7 Å². The third-order valence-electron chi connectivity index (χ3n) is 16.3. The monoisotopic (exact) mass is 993 g/mol. The maximum absolute atomic E-state index is 16.4. The Morgan fingerprint density at radius 3 is 1.90 bits per heavy atom. The normalized spacial score (nSPS) is 31.9. The number of ketones is 1. The zero-order chi connectivity index (χ0) is 51.4. The molecular formula is C54H63NO15Si. The van der Waals surface area contributed by atoms with Crippen molar-refractivity contribution in [1.82, 2.24) is 4.90 Å². The Hall–Kier alpha value is -6.01. The predicted octanol–water partition coefficient (Wildman–Crippen LogP) is 7.64. The molecule has 5 aliphatic rings. The second-order valence-corrected chi connectivity index (χ2v) is 24.9. The number of amides is 2. The fourth-order valence-electron chi connectivity index (χ4n) is 12.2. The molecule has 378 valence electrons. The first-order chi connectivity index (χ1) is 33.6. The van der Waals surface area contributed by atoms with Crippen molar-refractivity contribution in [2.45, 2.75) is 147 Å². The fraction of sp³-hybridized carbons (Fsp3) is 0.500. The molecule has 2 saturated carbocycles. The summed E-state index contributed by atoms with van der Waals surface area (Å²) in [4.78, 5) is 102. The van der Waals surface area contributed by atoms with Gasteiger partial charge < -0.3 is 38.0 Å². The summed E-state index contributed by atoms with van der Waals surface area (Å²) in [5, 5.41) is 14.2. The Balaban J connectivity index is 1.33. The summed E-state index contributed by atoms with van der Waals surface area (Å²) in [5.41, 5.74) is -6.63. The van der Waals surface area contributed by atoms with Crippen molar-refractivity contribution in [1.29, 1.82) is 0 Å². The van der Waals surface area contributed by atoms with Gasteiger partial charge in [-0.05, 0) is 73.0 Å². The summed E-state index contributed by atoms with van der Waals surface area (Å²) in [6, 6.07) is 25.2. The van der Waals surface area contributed by atoms with Crippen LogP contribution in [-0.4, -0.2) is 114 Å². The lowest BCUT2D eigenvalue weighted by Gasteiger charge is -2.68. The number of nitrogens with zero attached hydrogens (tertiary/aromatic N) is 1. The van der Waals surface area contributed by atoms with Gasteiger partial charge in [0.15, 0.2) is 25.8 Å². The highest BCUT2D eigenvalue weighted by atomic mass is 28.4. The minimum absolute atomic E-state index is 0.0689. The van der Waals surface area contributed by atoms with Crippen molar-refractivity contribution >= 4 is 50.0 Å². The first-order valence-corrected chi connectivity index (χ1v) is 26.9. The van der Waals surface area contributed by atoms with Crippen LogP contribution < -0.4 is 0 Å². The molecular weight excluding hydrogens is 931 g/mol. The number of ether oxygens (including phenoxy) is 6. The molecule has 11 atom stereocenters. The number of Topliss-reactive ketones (excluding diaryl/α,β-unsaturated/α-hetero) is 1. The van der Waals surface area contributed by atoms with Crippen molar-refractivity contribution in [3.63, 3.8) is 0 Å². The lowest BCUT2D eigenvalue weighted by atomic mass is 9.44. The number of carbonyl (C=O) groups is 7. The SMILES string of the molecule is CC[Si](CC)(CC)O[C@H]1C[C@H]2OC[C@@]2(OC(C)=O)[C@H]2[C@H](OC(=O)c3ccccc3)[C@]3(O)CC(OC(=O)[C@@H]4OC(=O)N(C(=O)c5ccccc5)[C@@H]4c4ccccc4)C(C)=C([C@@H](OC(C)=O)C(=O)[C@]12C)C3(C)C. The highest BCUT2D eigenvalue weighted by Crippen LogP contribution is 2.65. The van der Waals surface area contributed by atoms with Crippen LogP contribution in [0.3, 0.4) is 0 Å². The van der Waals surface area contributed by atoms with E-state index < -0.39 is 127 Å². The molecule has 3 aromatic rings. The zero-order valence-electron chi connectivity index (χ0n) is 41.6. The standard InChI is InChI=1S/C54H63NO15Si/c1-10-71(11-2,12-3)70-38-28-39-53(30-64-39,69-33(6)57)44-46(68-48(60)36-26-20-15-21-27-36)54(63)29-37(31(4)40(51(54,7)8)42(65-32(5)56)45(58)52(38,44)9)66-49(61)43-41(34-22-16-13-17-23-34)55(50(62)67-43)47(59)35-24-18-14-19-25-35/h13-27,37-39,41-44,46,63H,10-12,28-30H2,1-9H3/t37?,38-,39+,41+,42+,43+,44-,46-,52+,53-,54+/m0/s1. The van der Waals surface area contributed by atoms with Gasteiger partial charge in [0.1, 0.15) is 30.0 Å². The minimum Gasteiger partial charge on any atom is -0.455 e. The Labute approximate surface area is 414 Å². The summed E-state index contributed by atoms with van der Waals surface area (Å²) in [7, 11) is -2.65. The summed E-state index contributed by atoms with van der Waals surface area (Å²) >= 11 is 0. The first kappa shape index (κ1) is 51.3. The Morgan fingerprint density at radius 1 is 0.789 bits per heavy atom. The van der Waals surface area contributed by atoms with Crippen molar-refractivity contribution in [2.75, 3.05) is 6.61 Å². The van der Waals surface area contributed by atoms with E-state index in [0.717, 1.165) is 11.8 Å². The average Bonchev–Trinajstić information content (AvgIpc) is 3.70. The van der Waals surface area contributed by atoms with E-state index in [1.54, 1.807) is 94.4 Å². The Kier molecular flexibility index (Phi) is 13.9. The number of fused-ring (bicyclic) bond motifs is 5.